The van der Waals surface area contributed by atoms with E-state index in [2.05, 4.69) is 25.7 Å². The van der Waals surface area contributed by atoms with Crippen molar-refractivity contribution in [2.24, 2.45) is 7.05 Å². The fraction of sp³-hybridized carbons (Fsp3) is 0.500. The molecular weight excluding hydrogens is 380 g/mol. The van der Waals surface area contributed by atoms with Crippen molar-refractivity contribution in [3.05, 3.63) is 23.7 Å². The van der Waals surface area contributed by atoms with Gasteiger partial charge in [-0.1, -0.05) is 0 Å². The van der Waals surface area contributed by atoms with Gasteiger partial charge in [0.15, 0.2) is 5.82 Å². The second kappa shape index (κ2) is 8.20. The van der Waals surface area contributed by atoms with Crippen LogP contribution >= 0.6 is 24.8 Å². The van der Waals surface area contributed by atoms with Crippen molar-refractivity contribution in [1.29, 1.82) is 0 Å². The van der Waals surface area contributed by atoms with Gasteiger partial charge in [0.2, 0.25) is 5.82 Å². The zero-order valence-corrected chi connectivity index (χ0v) is 15.2. The number of nitrogens with one attached hydrogen (secondary N) is 2. The van der Waals surface area contributed by atoms with Crippen LogP contribution in [0.5, 0.6) is 0 Å². The Bertz CT molecular complexity index is 713. The van der Waals surface area contributed by atoms with E-state index < -0.39 is 12.0 Å². The molecule has 11 heteroatoms. The van der Waals surface area contributed by atoms with Gasteiger partial charge in [0.25, 0.3) is 0 Å². The molecule has 140 valence electrons. The minimum Gasteiger partial charge on any atom is -0.366 e. The summed E-state index contributed by atoms with van der Waals surface area (Å²) in [5, 5.41) is 10.4. The van der Waals surface area contributed by atoms with E-state index in [0.29, 0.717) is 11.6 Å². The highest BCUT2D eigenvalue weighted by Crippen LogP contribution is 2.29. The maximum atomic E-state index is 12.8. The van der Waals surface area contributed by atoms with Gasteiger partial charge >= 0.3 is 6.18 Å². The standard InChI is InChI=1S/C14H17F3N6.2ClH/c1-8-5-9(6-19-11(8)20-10-3-4-18-7-10)12-21-13(14(15,16)17)23(2)22-12;;/h5-6,10,18H,3-4,7H2,1-2H3,(H,19,20);2*1H/t10-;;/m0../s1. The van der Waals surface area contributed by atoms with Gasteiger partial charge in [0.05, 0.1) is 0 Å². The molecule has 2 N–H and O–H groups in total. The number of nitrogens with zero attached hydrogens (tertiary/aromatic N) is 4. The van der Waals surface area contributed by atoms with Crippen molar-refractivity contribution in [2.75, 3.05) is 18.4 Å². The number of aryl methyl sites for hydroxylation is 2. The number of pyridine rings is 1. The first-order valence-electron chi connectivity index (χ1n) is 7.27. The van der Waals surface area contributed by atoms with Crippen LogP contribution in [0.15, 0.2) is 12.3 Å². The molecule has 0 unspecified atom stereocenters. The van der Waals surface area contributed by atoms with Crippen LogP contribution in [0.3, 0.4) is 0 Å². The Balaban J connectivity index is 0.00000156. The Morgan fingerprint density at radius 1 is 1.32 bits per heavy atom. The smallest absolute Gasteiger partial charge is 0.366 e. The molecule has 0 radical (unpaired) electrons. The van der Waals surface area contributed by atoms with Crippen LogP contribution in [0.1, 0.15) is 17.8 Å². The SMILES string of the molecule is Cc1cc(-c2nc(C(F)(F)F)n(C)n2)cnc1N[C@H]1CCNC1.Cl.Cl. The van der Waals surface area contributed by atoms with Gasteiger partial charge in [0, 0.05) is 31.4 Å². The van der Waals surface area contributed by atoms with Crippen molar-refractivity contribution < 1.29 is 13.2 Å². The Morgan fingerprint density at radius 3 is 2.56 bits per heavy atom. The summed E-state index contributed by atoms with van der Waals surface area (Å²) in [7, 11) is 1.22. The molecule has 0 amide bonds. The number of anilines is 1. The molecule has 0 spiro atoms. The first kappa shape index (κ1) is 21.5. The number of aromatic nitrogens is 4. The van der Waals surface area contributed by atoms with E-state index in [-0.39, 0.29) is 30.6 Å². The molecule has 25 heavy (non-hydrogen) atoms. The highest BCUT2D eigenvalue weighted by atomic mass is 35.5. The molecule has 6 nitrogen and oxygen atoms in total. The minimum absolute atomic E-state index is 0. The largest absolute Gasteiger partial charge is 0.451 e. The van der Waals surface area contributed by atoms with Crippen molar-refractivity contribution in [2.45, 2.75) is 25.6 Å². The first-order valence-corrected chi connectivity index (χ1v) is 7.27. The lowest BCUT2D eigenvalue weighted by Gasteiger charge is -2.14. The van der Waals surface area contributed by atoms with Crippen LogP contribution in [-0.4, -0.2) is 38.9 Å². The average Bonchev–Trinajstić information content (AvgIpc) is 3.09. The molecule has 0 bridgehead atoms. The molecule has 1 aliphatic rings. The van der Waals surface area contributed by atoms with Crippen molar-refractivity contribution in [1.82, 2.24) is 25.1 Å². The lowest BCUT2D eigenvalue weighted by atomic mass is 10.2. The zero-order chi connectivity index (χ0) is 16.6. The Hall–Kier alpha value is -1.58. The van der Waals surface area contributed by atoms with E-state index in [4.69, 9.17) is 0 Å². The van der Waals surface area contributed by atoms with E-state index in [1.165, 1.54) is 13.2 Å². The zero-order valence-electron chi connectivity index (χ0n) is 13.6. The molecule has 1 atom stereocenters. The summed E-state index contributed by atoms with van der Waals surface area (Å²) < 4.78 is 39.1. The molecule has 1 fully saturated rings. The maximum Gasteiger partial charge on any atom is 0.451 e. The predicted molar refractivity (Wildman–Crippen MR) is 93.4 cm³/mol. The topological polar surface area (TPSA) is 67.7 Å². The molecule has 3 rings (SSSR count). The predicted octanol–water partition coefficient (Wildman–Crippen LogP) is 2.82. The molecule has 2 aromatic rings. The minimum atomic E-state index is -4.53. The molecular formula is C14H19Cl2F3N6. The normalized spacial score (nSPS) is 16.9. The Morgan fingerprint density at radius 2 is 2.04 bits per heavy atom. The molecule has 1 saturated heterocycles. The highest BCUT2D eigenvalue weighted by Gasteiger charge is 2.37. The van der Waals surface area contributed by atoms with Gasteiger partial charge < -0.3 is 10.6 Å². The summed E-state index contributed by atoms with van der Waals surface area (Å²) in [6, 6.07) is 2.06. The van der Waals surface area contributed by atoms with Crippen LogP contribution in [0, 0.1) is 6.92 Å². The molecule has 1 aliphatic heterocycles. The van der Waals surface area contributed by atoms with Gasteiger partial charge in [-0.15, -0.1) is 24.8 Å². The molecule has 0 saturated carbocycles. The van der Waals surface area contributed by atoms with Gasteiger partial charge in [-0.3, -0.25) is 0 Å². The third kappa shape index (κ3) is 4.74. The van der Waals surface area contributed by atoms with E-state index >= 15 is 0 Å². The highest BCUT2D eigenvalue weighted by molar-refractivity contribution is 5.85. The number of hydrogen-bond donors (Lipinski definition) is 2. The molecule has 3 heterocycles. The summed E-state index contributed by atoms with van der Waals surface area (Å²) in [5.41, 5.74) is 1.30. The van der Waals surface area contributed by atoms with Crippen LogP contribution < -0.4 is 10.6 Å². The first-order chi connectivity index (χ1) is 10.8. The Labute approximate surface area is 155 Å². The Kier molecular flexibility index (Phi) is 7.04. The van der Waals surface area contributed by atoms with Crippen LogP contribution in [0.25, 0.3) is 11.4 Å². The summed E-state index contributed by atoms with van der Waals surface area (Å²) in [5.74, 6) is -0.275. The van der Waals surface area contributed by atoms with Crippen LogP contribution in [0.2, 0.25) is 0 Å². The fourth-order valence-corrected chi connectivity index (χ4v) is 2.57. The lowest BCUT2D eigenvalue weighted by molar-refractivity contribution is -0.147. The van der Waals surface area contributed by atoms with Gasteiger partial charge in [-0.05, 0) is 31.5 Å². The maximum absolute atomic E-state index is 12.8. The van der Waals surface area contributed by atoms with Crippen molar-refractivity contribution in [3.8, 4) is 11.4 Å². The van der Waals surface area contributed by atoms with E-state index in [0.717, 1.165) is 35.6 Å². The lowest BCUT2D eigenvalue weighted by Crippen LogP contribution is -2.23. The molecule has 0 aromatic carbocycles. The summed E-state index contributed by atoms with van der Waals surface area (Å²) in [4.78, 5) is 7.89. The quantitative estimate of drug-likeness (QED) is 0.831. The third-order valence-electron chi connectivity index (χ3n) is 3.75. The van der Waals surface area contributed by atoms with Gasteiger partial charge in [-0.25, -0.2) is 14.6 Å². The summed E-state index contributed by atoms with van der Waals surface area (Å²) in [6.07, 6.45) is -2.02. The number of halogens is 5. The van der Waals surface area contributed by atoms with Crippen LogP contribution in [0.4, 0.5) is 19.0 Å². The number of alkyl halides is 3. The fourth-order valence-electron chi connectivity index (χ4n) is 2.57. The number of rotatable bonds is 3. The number of hydrogen-bond acceptors (Lipinski definition) is 5. The third-order valence-corrected chi connectivity index (χ3v) is 3.75. The average molecular weight is 399 g/mol. The molecule has 2 aromatic heterocycles. The van der Waals surface area contributed by atoms with Crippen molar-refractivity contribution >= 4 is 30.6 Å². The van der Waals surface area contributed by atoms with Gasteiger partial charge in [-0.2, -0.15) is 18.3 Å². The monoisotopic (exact) mass is 398 g/mol. The van der Waals surface area contributed by atoms with Gasteiger partial charge in [0.1, 0.15) is 5.82 Å². The molecule has 0 aliphatic carbocycles. The van der Waals surface area contributed by atoms with E-state index in [1.54, 1.807) is 6.07 Å². The van der Waals surface area contributed by atoms with Crippen molar-refractivity contribution in [3.63, 3.8) is 0 Å². The second-order valence-corrected chi connectivity index (χ2v) is 5.60. The summed E-state index contributed by atoms with van der Waals surface area (Å²) >= 11 is 0. The van der Waals surface area contributed by atoms with Crippen LogP contribution in [-0.2, 0) is 13.2 Å². The second-order valence-electron chi connectivity index (χ2n) is 5.60. The summed E-state index contributed by atoms with van der Waals surface area (Å²) in [6.45, 7) is 3.70. The van der Waals surface area contributed by atoms with E-state index in [1.807, 2.05) is 6.92 Å². The van der Waals surface area contributed by atoms with E-state index in [9.17, 15) is 13.2 Å².